The van der Waals surface area contributed by atoms with Gasteiger partial charge in [0.15, 0.2) is 0 Å². The molecule has 2 aliphatic rings. The third kappa shape index (κ3) is 4.59. The molecule has 0 bridgehead atoms. The van der Waals surface area contributed by atoms with Gasteiger partial charge in [-0.15, -0.1) is 0 Å². The summed E-state index contributed by atoms with van der Waals surface area (Å²) in [5.74, 6) is -0.483. The molecule has 0 aromatic rings. The zero-order chi connectivity index (χ0) is 15.5. The van der Waals surface area contributed by atoms with Gasteiger partial charge in [0.05, 0.1) is 24.7 Å². The fourth-order valence-electron chi connectivity index (χ4n) is 3.15. The van der Waals surface area contributed by atoms with E-state index in [0.717, 1.165) is 25.7 Å². The van der Waals surface area contributed by atoms with Crippen molar-refractivity contribution < 1.29 is 19.4 Å². The zero-order valence-electron chi connectivity index (χ0n) is 12.9. The van der Waals surface area contributed by atoms with Crippen molar-refractivity contribution in [2.75, 3.05) is 26.2 Å². The van der Waals surface area contributed by atoms with Gasteiger partial charge in [0.1, 0.15) is 0 Å². The van der Waals surface area contributed by atoms with E-state index in [2.05, 4.69) is 5.32 Å². The Morgan fingerprint density at radius 2 is 1.95 bits per heavy atom. The lowest BCUT2D eigenvalue weighted by atomic mass is 9.82. The number of amides is 2. The molecule has 2 amide bonds. The van der Waals surface area contributed by atoms with Crippen LogP contribution >= 0.6 is 0 Å². The van der Waals surface area contributed by atoms with Gasteiger partial charge in [0.2, 0.25) is 0 Å². The van der Waals surface area contributed by atoms with Gasteiger partial charge in [0.25, 0.3) is 0 Å². The van der Waals surface area contributed by atoms with Gasteiger partial charge in [0, 0.05) is 13.1 Å². The quantitative estimate of drug-likeness (QED) is 0.831. The molecule has 1 saturated carbocycles. The molecule has 1 heterocycles. The molecule has 2 rings (SSSR count). The van der Waals surface area contributed by atoms with Crippen molar-refractivity contribution >= 4 is 12.0 Å². The van der Waals surface area contributed by atoms with E-state index in [4.69, 9.17) is 9.84 Å². The van der Waals surface area contributed by atoms with Crippen molar-refractivity contribution in [1.82, 2.24) is 10.2 Å². The summed E-state index contributed by atoms with van der Waals surface area (Å²) in [5.41, 5.74) is -0.283. The van der Waals surface area contributed by atoms with E-state index in [9.17, 15) is 9.59 Å². The second kappa shape index (κ2) is 6.64. The standard InChI is InChI=1S/C15H26N2O4/c1-15(2)10-17(7-8-21-15)14(20)16-9-11-3-5-12(6-4-11)13(18)19/h11-12H,3-10H2,1-2H3,(H,16,20)(H,18,19). The number of urea groups is 1. The lowest BCUT2D eigenvalue weighted by Gasteiger charge is -2.38. The molecule has 0 spiro atoms. The molecule has 0 aromatic carbocycles. The topological polar surface area (TPSA) is 78.9 Å². The number of nitrogens with one attached hydrogen (secondary N) is 1. The van der Waals surface area contributed by atoms with Crippen molar-refractivity contribution in [3.63, 3.8) is 0 Å². The molecule has 120 valence electrons. The number of aliphatic carboxylic acids is 1. The molecule has 2 N–H and O–H groups in total. The van der Waals surface area contributed by atoms with E-state index in [0.29, 0.717) is 32.2 Å². The van der Waals surface area contributed by atoms with Gasteiger partial charge >= 0.3 is 12.0 Å². The lowest BCUT2D eigenvalue weighted by molar-refractivity contribution is -0.143. The van der Waals surface area contributed by atoms with Crippen LogP contribution in [0.25, 0.3) is 0 Å². The Bertz CT molecular complexity index is 389. The Morgan fingerprint density at radius 1 is 1.29 bits per heavy atom. The van der Waals surface area contributed by atoms with Crippen LogP contribution in [-0.4, -0.2) is 53.8 Å². The molecule has 6 heteroatoms. The summed E-state index contributed by atoms with van der Waals surface area (Å²) in [4.78, 5) is 24.9. The normalized spacial score (nSPS) is 29.0. The summed E-state index contributed by atoms with van der Waals surface area (Å²) in [6.45, 7) is 6.41. The maximum absolute atomic E-state index is 12.2. The monoisotopic (exact) mass is 298 g/mol. The predicted octanol–water partition coefficient (Wildman–Crippen LogP) is 1.70. The van der Waals surface area contributed by atoms with Crippen LogP contribution in [0.1, 0.15) is 39.5 Å². The molecule has 1 aliphatic heterocycles. The number of carboxylic acids is 1. The summed E-state index contributed by atoms with van der Waals surface area (Å²) >= 11 is 0. The molecule has 0 aromatic heterocycles. The first-order valence-corrected chi connectivity index (χ1v) is 7.77. The average molecular weight is 298 g/mol. The summed E-state index contributed by atoms with van der Waals surface area (Å²) in [5, 5.41) is 12.0. The number of nitrogens with zero attached hydrogens (tertiary/aromatic N) is 1. The molecule has 0 unspecified atom stereocenters. The molecule has 0 atom stereocenters. The van der Waals surface area contributed by atoms with E-state index >= 15 is 0 Å². The molecule has 1 saturated heterocycles. The maximum atomic E-state index is 12.2. The van der Waals surface area contributed by atoms with Crippen LogP contribution in [0.15, 0.2) is 0 Å². The van der Waals surface area contributed by atoms with E-state index in [1.54, 1.807) is 4.90 Å². The van der Waals surface area contributed by atoms with Gasteiger partial charge < -0.3 is 20.1 Å². The molecule has 2 fully saturated rings. The molecular formula is C15H26N2O4. The number of morpholine rings is 1. The van der Waals surface area contributed by atoms with Crippen molar-refractivity contribution in [3.8, 4) is 0 Å². The van der Waals surface area contributed by atoms with Crippen LogP contribution in [0.3, 0.4) is 0 Å². The Balaban J connectivity index is 1.71. The molecule has 21 heavy (non-hydrogen) atoms. The van der Waals surface area contributed by atoms with Crippen LogP contribution in [0.5, 0.6) is 0 Å². The third-order valence-corrected chi connectivity index (χ3v) is 4.45. The first-order chi connectivity index (χ1) is 9.87. The number of hydrogen-bond acceptors (Lipinski definition) is 3. The SMILES string of the molecule is CC1(C)CN(C(=O)NCC2CCC(C(=O)O)CC2)CCO1. The van der Waals surface area contributed by atoms with E-state index < -0.39 is 5.97 Å². The predicted molar refractivity (Wildman–Crippen MR) is 78.1 cm³/mol. The summed E-state index contributed by atoms with van der Waals surface area (Å²) in [6.07, 6.45) is 3.21. The average Bonchev–Trinajstić information content (AvgIpc) is 2.44. The Labute approximate surface area is 125 Å². The van der Waals surface area contributed by atoms with Gasteiger partial charge in [-0.1, -0.05) is 0 Å². The van der Waals surface area contributed by atoms with Crippen molar-refractivity contribution in [2.45, 2.75) is 45.1 Å². The Morgan fingerprint density at radius 3 is 2.52 bits per heavy atom. The number of rotatable bonds is 3. The van der Waals surface area contributed by atoms with Crippen molar-refractivity contribution in [3.05, 3.63) is 0 Å². The first kappa shape index (κ1) is 16.1. The minimum absolute atomic E-state index is 0.0354. The van der Waals surface area contributed by atoms with E-state index in [1.807, 2.05) is 13.8 Å². The number of ether oxygens (including phenoxy) is 1. The molecule has 1 aliphatic carbocycles. The summed E-state index contributed by atoms with van der Waals surface area (Å²) in [7, 11) is 0. The van der Waals surface area contributed by atoms with E-state index in [-0.39, 0.29) is 17.6 Å². The van der Waals surface area contributed by atoms with Gasteiger partial charge in [-0.3, -0.25) is 4.79 Å². The van der Waals surface area contributed by atoms with Gasteiger partial charge in [-0.05, 0) is 45.4 Å². The van der Waals surface area contributed by atoms with Crippen LogP contribution in [0.4, 0.5) is 4.79 Å². The fourth-order valence-corrected chi connectivity index (χ4v) is 3.15. The lowest BCUT2D eigenvalue weighted by Crippen LogP contribution is -2.54. The largest absolute Gasteiger partial charge is 0.481 e. The number of carbonyl (C=O) groups is 2. The highest BCUT2D eigenvalue weighted by molar-refractivity contribution is 5.74. The number of carboxylic acid groups (broad SMARTS) is 1. The van der Waals surface area contributed by atoms with Crippen LogP contribution in [-0.2, 0) is 9.53 Å². The Hall–Kier alpha value is -1.30. The van der Waals surface area contributed by atoms with E-state index in [1.165, 1.54) is 0 Å². The zero-order valence-corrected chi connectivity index (χ0v) is 12.9. The molecule has 0 radical (unpaired) electrons. The second-order valence-electron chi connectivity index (χ2n) is 6.77. The second-order valence-corrected chi connectivity index (χ2v) is 6.77. The Kier molecular flexibility index (Phi) is 5.08. The van der Waals surface area contributed by atoms with Crippen LogP contribution in [0.2, 0.25) is 0 Å². The smallest absolute Gasteiger partial charge is 0.317 e. The summed E-state index contributed by atoms with van der Waals surface area (Å²) < 4.78 is 5.60. The van der Waals surface area contributed by atoms with Gasteiger partial charge in [-0.25, -0.2) is 4.79 Å². The van der Waals surface area contributed by atoms with Crippen molar-refractivity contribution in [1.29, 1.82) is 0 Å². The minimum atomic E-state index is -0.687. The van der Waals surface area contributed by atoms with Crippen LogP contribution in [0, 0.1) is 11.8 Å². The molecule has 6 nitrogen and oxygen atoms in total. The first-order valence-electron chi connectivity index (χ1n) is 7.77. The fraction of sp³-hybridized carbons (Fsp3) is 0.867. The molecular weight excluding hydrogens is 272 g/mol. The minimum Gasteiger partial charge on any atom is -0.481 e. The highest BCUT2D eigenvalue weighted by atomic mass is 16.5. The highest BCUT2D eigenvalue weighted by Crippen LogP contribution is 2.28. The van der Waals surface area contributed by atoms with Gasteiger partial charge in [-0.2, -0.15) is 0 Å². The maximum Gasteiger partial charge on any atom is 0.317 e. The van der Waals surface area contributed by atoms with Crippen molar-refractivity contribution in [2.24, 2.45) is 11.8 Å². The summed E-state index contributed by atoms with van der Waals surface area (Å²) in [6, 6.07) is -0.0354. The highest BCUT2D eigenvalue weighted by Gasteiger charge is 2.31. The third-order valence-electron chi connectivity index (χ3n) is 4.45. The number of hydrogen-bond donors (Lipinski definition) is 2. The number of carbonyl (C=O) groups excluding carboxylic acids is 1. The van der Waals surface area contributed by atoms with Crippen LogP contribution < -0.4 is 5.32 Å².